The van der Waals surface area contributed by atoms with Crippen LogP contribution in [-0.4, -0.2) is 19.1 Å². The third-order valence-corrected chi connectivity index (χ3v) is 6.13. The van der Waals surface area contributed by atoms with E-state index in [0.717, 1.165) is 23.6 Å². The molecule has 0 amide bonds. The lowest BCUT2D eigenvalue weighted by Gasteiger charge is -2.13. The highest BCUT2D eigenvalue weighted by molar-refractivity contribution is 7.98. The summed E-state index contributed by atoms with van der Waals surface area (Å²) >= 11 is 8.69. The summed E-state index contributed by atoms with van der Waals surface area (Å²) < 4.78 is 6.07. The minimum absolute atomic E-state index is 0.0881. The second-order valence-electron chi connectivity index (χ2n) is 5.85. The third kappa shape index (κ3) is 3.63. The Morgan fingerprint density at radius 3 is 2.63 bits per heavy atom. The van der Waals surface area contributed by atoms with Crippen LogP contribution in [0.15, 0.2) is 58.5 Å². The molecule has 0 unspecified atom stereocenters. The third-order valence-electron chi connectivity index (χ3n) is 4.20. The molecular weight excluding hydrogens is 400 g/mol. The second-order valence-corrected chi connectivity index (χ2v) is 8.15. The summed E-state index contributed by atoms with van der Waals surface area (Å²) in [6.45, 7) is 2.10. The molecule has 0 atom stereocenters. The van der Waals surface area contributed by atoms with Crippen molar-refractivity contribution >= 4 is 45.8 Å². The topological polar surface area (TPSA) is 60.7 Å². The second kappa shape index (κ2) is 7.80. The Morgan fingerprint density at radius 1 is 1.15 bits per heavy atom. The number of aryl methyl sites for hydroxylation is 1. The van der Waals surface area contributed by atoms with Gasteiger partial charge in [0, 0.05) is 17.3 Å². The van der Waals surface area contributed by atoms with Crippen molar-refractivity contribution in [1.82, 2.24) is 19.1 Å². The fourth-order valence-corrected chi connectivity index (χ4v) is 4.48. The molecule has 0 aliphatic rings. The first-order valence-corrected chi connectivity index (χ1v) is 10.5. The van der Waals surface area contributed by atoms with Gasteiger partial charge in [0.1, 0.15) is 10.0 Å². The van der Waals surface area contributed by atoms with Crippen LogP contribution in [-0.2, 0) is 12.2 Å². The van der Waals surface area contributed by atoms with E-state index in [4.69, 9.17) is 16.6 Å². The van der Waals surface area contributed by atoms with Crippen molar-refractivity contribution in [3.8, 4) is 5.69 Å². The lowest BCUT2D eigenvalue weighted by atomic mass is 10.1. The van der Waals surface area contributed by atoms with Crippen LogP contribution in [0.3, 0.4) is 0 Å². The lowest BCUT2D eigenvalue weighted by molar-refractivity contribution is 0.818. The highest BCUT2D eigenvalue weighted by Crippen LogP contribution is 2.28. The Hall–Kier alpha value is -2.22. The SMILES string of the molecule is CCc1ccc(-n2c(SCc3nnsc3Cl)nc3ccccc3c2=O)cc1. The van der Waals surface area contributed by atoms with Gasteiger partial charge in [-0.2, -0.15) is 0 Å². The van der Waals surface area contributed by atoms with Crippen LogP contribution in [0.25, 0.3) is 16.6 Å². The minimum Gasteiger partial charge on any atom is -0.268 e. The maximum absolute atomic E-state index is 13.2. The zero-order chi connectivity index (χ0) is 18.8. The molecule has 4 rings (SSSR count). The molecule has 0 bridgehead atoms. The Balaban J connectivity index is 1.84. The maximum Gasteiger partial charge on any atom is 0.266 e. The van der Waals surface area contributed by atoms with Crippen LogP contribution in [0.2, 0.25) is 4.34 Å². The van der Waals surface area contributed by atoms with Crippen molar-refractivity contribution in [2.75, 3.05) is 0 Å². The maximum atomic E-state index is 13.2. The van der Waals surface area contributed by atoms with Gasteiger partial charge in [-0.25, -0.2) is 4.98 Å². The molecule has 0 radical (unpaired) electrons. The van der Waals surface area contributed by atoms with Gasteiger partial charge in [0.2, 0.25) is 0 Å². The van der Waals surface area contributed by atoms with Gasteiger partial charge >= 0.3 is 0 Å². The molecule has 0 N–H and O–H groups in total. The fourth-order valence-electron chi connectivity index (χ4n) is 2.73. The van der Waals surface area contributed by atoms with E-state index in [1.165, 1.54) is 17.3 Å². The van der Waals surface area contributed by atoms with Crippen molar-refractivity contribution < 1.29 is 0 Å². The molecule has 0 spiro atoms. The quantitative estimate of drug-likeness (QED) is 0.348. The van der Waals surface area contributed by atoms with Crippen LogP contribution < -0.4 is 5.56 Å². The summed E-state index contributed by atoms with van der Waals surface area (Å²) in [6.07, 6.45) is 0.947. The number of nitrogens with zero attached hydrogens (tertiary/aromatic N) is 4. The molecule has 4 aromatic rings. The molecule has 27 heavy (non-hydrogen) atoms. The van der Waals surface area contributed by atoms with E-state index in [0.29, 0.717) is 31.8 Å². The van der Waals surface area contributed by atoms with E-state index in [-0.39, 0.29) is 5.56 Å². The van der Waals surface area contributed by atoms with Crippen molar-refractivity contribution in [2.24, 2.45) is 0 Å². The molecule has 136 valence electrons. The molecule has 2 aromatic carbocycles. The molecule has 0 aliphatic carbocycles. The molecule has 8 heteroatoms. The van der Waals surface area contributed by atoms with Gasteiger partial charge in [-0.1, -0.05) is 59.0 Å². The number of fused-ring (bicyclic) bond motifs is 1. The molecule has 2 heterocycles. The van der Waals surface area contributed by atoms with E-state index >= 15 is 0 Å². The highest BCUT2D eigenvalue weighted by Gasteiger charge is 2.15. The monoisotopic (exact) mass is 414 g/mol. The summed E-state index contributed by atoms with van der Waals surface area (Å²) in [4.78, 5) is 17.9. The summed E-state index contributed by atoms with van der Waals surface area (Å²) in [5, 5.41) is 5.24. The van der Waals surface area contributed by atoms with Gasteiger partial charge in [-0.15, -0.1) is 5.10 Å². The van der Waals surface area contributed by atoms with E-state index in [2.05, 4.69) is 16.5 Å². The number of halogens is 1. The first-order chi connectivity index (χ1) is 13.2. The standard InChI is InChI=1S/C19H15ClN4OS2/c1-2-12-7-9-13(10-8-12)24-18(25)14-5-3-4-6-15(14)21-19(24)26-11-16-17(20)27-23-22-16/h3-10H,2,11H2,1H3. The van der Waals surface area contributed by atoms with E-state index in [1.54, 1.807) is 10.6 Å². The number of hydrogen-bond donors (Lipinski definition) is 0. The first kappa shape index (κ1) is 18.2. The van der Waals surface area contributed by atoms with E-state index in [1.807, 2.05) is 42.5 Å². The first-order valence-electron chi connectivity index (χ1n) is 8.38. The average Bonchev–Trinajstić information content (AvgIpc) is 3.11. The summed E-state index contributed by atoms with van der Waals surface area (Å²) in [7, 11) is 0. The number of thioether (sulfide) groups is 1. The largest absolute Gasteiger partial charge is 0.268 e. The van der Waals surface area contributed by atoms with Gasteiger partial charge < -0.3 is 0 Å². The fraction of sp³-hybridized carbons (Fsp3) is 0.158. The normalized spacial score (nSPS) is 11.2. The van der Waals surface area contributed by atoms with Crippen LogP contribution in [0.4, 0.5) is 0 Å². The Morgan fingerprint density at radius 2 is 1.93 bits per heavy atom. The van der Waals surface area contributed by atoms with Gasteiger partial charge in [0.25, 0.3) is 5.56 Å². The van der Waals surface area contributed by atoms with E-state index in [9.17, 15) is 4.79 Å². The van der Waals surface area contributed by atoms with Crippen LogP contribution in [0.5, 0.6) is 0 Å². The Kier molecular flexibility index (Phi) is 5.24. The average molecular weight is 415 g/mol. The summed E-state index contributed by atoms with van der Waals surface area (Å²) in [6, 6.07) is 15.4. The van der Waals surface area contributed by atoms with Crippen molar-refractivity contribution in [2.45, 2.75) is 24.3 Å². The number of hydrogen-bond acceptors (Lipinski definition) is 6. The Labute approximate surface area is 169 Å². The van der Waals surface area contributed by atoms with Crippen LogP contribution in [0.1, 0.15) is 18.2 Å². The zero-order valence-electron chi connectivity index (χ0n) is 14.4. The predicted molar refractivity (Wildman–Crippen MR) is 111 cm³/mol. The van der Waals surface area contributed by atoms with Gasteiger partial charge in [-0.3, -0.25) is 9.36 Å². The van der Waals surface area contributed by atoms with Gasteiger partial charge in [-0.05, 0) is 36.2 Å². The number of rotatable bonds is 5. The smallest absolute Gasteiger partial charge is 0.266 e. The van der Waals surface area contributed by atoms with E-state index < -0.39 is 0 Å². The minimum atomic E-state index is -0.0881. The zero-order valence-corrected chi connectivity index (χ0v) is 16.8. The molecular formula is C19H15ClN4OS2. The van der Waals surface area contributed by atoms with Gasteiger partial charge in [0.15, 0.2) is 5.16 Å². The molecule has 0 aliphatic heterocycles. The molecule has 0 saturated heterocycles. The lowest BCUT2D eigenvalue weighted by Crippen LogP contribution is -2.21. The number of para-hydroxylation sites is 1. The van der Waals surface area contributed by atoms with Crippen LogP contribution >= 0.6 is 34.9 Å². The molecule has 0 fully saturated rings. The van der Waals surface area contributed by atoms with Crippen molar-refractivity contribution in [3.63, 3.8) is 0 Å². The number of benzene rings is 2. The van der Waals surface area contributed by atoms with Gasteiger partial charge in [0.05, 0.1) is 16.6 Å². The highest BCUT2D eigenvalue weighted by atomic mass is 35.5. The number of aromatic nitrogens is 4. The van der Waals surface area contributed by atoms with Crippen LogP contribution in [0, 0.1) is 0 Å². The molecule has 2 aromatic heterocycles. The summed E-state index contributed by atoms with van der Waals surface area (Å²) in [5.41, 5.74) is 3.29. The Bertz CT molecular complexity index is 1150. The summed E-state index contributed by atoms with van der Waals surface area (Å²) in [5.74, 6) is 0.493. The van der Waals surface area contributed by atoms with Crippen molar-refractivity contribution in [3.05, 3.63) is 74.5 Å². The van der Waals surface area contributed by atoms with Crippen molar-refractivity contribution in [1.29, 1.82) is 0 Å². The predicted octanol–water partition coefficient (Wildman–Crippen LogP) is 4.75. The molecule has 0 saturated carbocycles. The molecule has 5 nitrogen and oxygen atoms in total.